The number of hydrogen-bond donors (Lipinski definition) is 1. The maximum Gasteiger partial charge on any atom is 0.309 e. The predicted octanol–water partition coefficient (Wildman–Crippen LogP) is 2.90. The van der Waals surface area contributed by atoms with Gasteiger partial charge in [0.1, 0.15) is 0 Å². The lowest BCUT2D eigenvalue weighted by molar-refractivity contribution is -0.150. The molecule has 2 rings (SSSR count). The van der Waals surface area contributed by atoms with E-state index in [2.05, 4.69) is 18.2 Å². The molecule has 1 unspecified atom stereocenters. The molecule has 0 saturated heterocycles. The topological polar surface area (TPSA) is 37.3 Å². The van der Waals surface area contributed by atoms with E-state index < -0.39 is 11.4 Å². The van der Waals surface area contributed by atoms with Gasteiger partial charge in [0.25, 0.3) is 0 Å². The van der Waals surface area contributed by atoms with Crippen molar-refractivity contribution in [2.45, 2.75) is 33.1 Å². The van der Waals surface area contributed by atoms with Crippen molar-refractivity contribution in [2.24, 2.45) is 11.3 Å². The van der Waals surface area contributed by atoms with Crippen LogP contribution in [-0.2, 0) is 17.6 Å². The zero-order chi connectivity index (χ0) is 11.8. The Balaban J connectivity index is 2.23. The van der Waals surface area contributed by atoms with Crippen molar-refractivity contribution < 1.29 is 9.90 Å². The molecule has 1 aromatic rings. The van der Waals surface area contributed by atoms with Crippen molar-refractivity contribution in [3.63, 3.8) is 0 Å². The van der Waals surface area contributed by atoms with Crippen LogP contribution in [0.25, 0.3) is 0 Å². The minimum atomic E-state index is -0.683. The summed E-state index contributed by atoms with van der Waals surface area (Å²) in [5.74, 6) is -0.434. The highest BCUT2D eigenvalue weighted by atomic mass is 16.4. The first-order valence-electron chi connectivity index (χ1n) is 5.82. The van der Waals surface area contributed by atoms with Gasteiger partial charge in [-0.1, -0.05) is 24.3 Å². The molecule has 0 heterocycles. The van der Waals surface area contributed by atoms with Gasteiger partial charge in [-0.2, -0.15) is 0 Å². The lowest BCUT2D eigenvalue weighted by atomic mass is 9.69. The smallest absolute Gasteiger partial charge is 0.309 e. The van der Waals surface area contributed by atoms with Gasteiger partial charge in [-0.3, -0.25) is 4.79 Å². The molecule has 0 aromatic heterocycles. The molecule has 1 N–H and O–H groups in total. The summed E-state index contributed by atoms with van der Waals surface area (Å²) in [5.41, 5.74) is 2.10. The summed E-state index contributed by atoms with van der Waals surface area (Å²) in [4.78, 5) is 11.2. The molecule has 0 radical (unpaired) electrons. The van der Waals surface area contributed by atoms with Crippen molar-refractivity contribution in [2.75, 3.05) is 0 Å². The molecular formula is C14H18O2. The van der Waals surface area contributed by atoms with Crippen LogP contribution in [0.3, 0.4) is 0 Å². The van der Waals surface area contributed by atoms with Gasteiger partial charge in [0.05, 0.1) is 5.41 Å². The molecule has 2 nitrogen and oxygen atoms in total. The average molecular weight is 218 g/mol. The van der Waals surface area contributed by atoms with Crippen LogP contribution in [0.1, 0.15) is 31.4 Å². The first kappa shape index (κ1) is 11.2. The van der Waals surface area contributed by atoms with Crippen molar-refractivity contribution in [1.82, 2.24) is 0 Å². The van der Waals surface area contributed by atoms with Crippen molar-refractivity contribution in [3.05, 3.63) is 35.4 Å². The second-order valence-electron chi connectivity index (χ2n) is 5.24. The zero-order valence-corrected chi connectivity index (χ0v) is 9.86. The monoisotopic (exact) mass is 218 g/mol. The predicted molar refractivity (Wildman–Crippen MR) is 63.4 cm³/mol. The summed E-state index contributed by atoms with van der Waals surface area (Å²) in [6, 6.07) is 8.37. The Hall–Kier alpha value is -1.31. The van der Waals surface area contributed by atoms with Gasteiger partial charge in [-0.25, -0.2) is 0 Å². The summed E-state index contributed by atoms with van der Waals surface area (Å²) >= 11 is 0. The maximum atomic E-state index is 11.2. The fourth-order valence-corrected chi connectivity index (χ4v) is 2.49. The Morgan fingerprint density at radius 1 is 1.31 bits per heavy atom. The van der Waals surface area contributed by atoms with Gasteiger partial charge in [-0.15, -0.1) is 0 Å². The van der Waals surface area contributed by atoms with E-state index in [0.29, 0.717) is 0 Å². The van der Waals surface area contributed by atoms with Crippen molar-refractivity contribution >= 4 is 5.97 Å². The summed E-state index contributed by atoms with van der Waals surface area (Å²) in [7, 11) is 0. The quantitative estimate of drug-likeness (QED) is 0.828. The molecule has 0 spiro atoms. The van der Waals surface area contributed by atoms with E-state index >= 15 is 0 Å². The summed E-state index contributed by atoms with van der Waals surface area (Å²) < 4.78 is 0. The molecule has 2 heteroatoms. The largest absolute Gasteiger partial charge is 0.481 e. The molecule has 16 heavy (non-hydrogen) atoms. The van der Waals surface area contributed by atoms with Crippen LogP contribution in [-0.4, -0.2) is 11.1 Å². The molecular weight excluding hydrogens is 200 g/mol. The van der Waals surface area contributed by atoms with E-state index in [0.717, 1.165) is 19.3 Å². The van der Waals surface area contributed by atoms with E-state index in [1.54, 1.807) is 0 Å². The second-order valence-corrected chi connectivity index (χ2v) is 5.24. The average Bonchev–Trinajstić information content (AvgIpc) is 2.28. The number of aryl methyl sites for hydroxylation is 1. The maximum absolute atomic E-state index is 11.2. The van der Waals surface area contributed by atoms with Crippen LogP contribution in [0.5, 0.6) is 0 Å². The van der Waals surface area contributed by atoms with Crippen LogP contribution < -0.4 is 0 Å². The summed E-state index contributed by atoms with van der Waals surface area (Å²) in [6.07, 6.45) is 2.89. The van der Waals surface area contributed by atoms with E-state index in [4.69, 9.17) is 0 Å². The molecule has 0 amide bonds. The summed E-state index contributed by atoms with van der Waals surface area (Å²) in [5, 5.41) is 9.24. The van der Waals surface area contributed by atoms with Crippen molar-refractivity contribution in [3.8, 4) is 0 Å². The van der Waals surface area contributed by atoms with Gasteiger partial charge >= 0.3 is 5.97 Å². The highest BCUT2D eigenvalue weighted by Gasteiger charge is 2.38. The minimum absolute atomic E-state index is 0.250. The number of carboxylic acid groups (broad SMARTS) is 1. The van der Waals surface area contributed by atoms with Gasteiger partial charge in [0, 0.05) is 0 Å². The molecule has 1 aliphatic carbocycles. The van der Waals surface area contributed by atoms with Crippen LogP contribution in [0.4, 0.5) is 0 Å². The first-order valence-corrected chi connectivity index (χ1v) is 5.82. The molecule has 0 bridgehead atoms. The molecule has 0 fully saturated rings. The Labute approximate surface area is 96.3 Å². The molecule has 1 atom stereocenters. The molecule has 1 aromatic carbocycles. The highest BCUT2D eigenvalue weighted by molar-refractivity contribution is 5.74. The first-order chi connectivity index (χ1) is 7.51. The SMILES string of the molecule is CC(C)(C(=O)O)C1CCc2ccccc2C1. The van der Waals surface area contributed by atoms with Crippen LogP contribution in [0.15, 0.2) is 24.3 Å². The number of carboxylic acids is 1. The number of benzene rings is 1. The van der Waals surface area contributed by atoms with Gasteiger partial charge in [0.15, 0.2) is 0 Å². The van der Waals surface area contributed by atoms with E-state index in [1.807, 2.05) is 19.9 Å². The summed E-state index contributed by atoms with van der Waals surface area (Å²) in [6.45, 7) is 3.68. The lowest BCUT2D eigenvalue weighted by Gasteiger charge is -2.34. The second kappa shape index (κ2) is 3.93. The van der Waals surface area contributed by atoms with Crippen molar-refractivity contribution in [1.29, 1.82) is 0 Å². The fraction of sp³-hybridized carbons (Fsp3) is 0.500. The Kier molecular flexibility index (Phi) is 2.75. The third-order valence-corrected chi connectivity index (χ3v) is 3.92. The number of fused-ring (bicyclic) bond motifs is 1. The number of carbonyl (C=O) groups is 1. The standard InChI is InChI=1S/C14H18O2/c1-14(2,13(15)16)12-8-7-10-5-3-4-6-11(10)9-12/h3-6,12H,7-9H2,1-2H3,(H,15,16). The van der Waals surface area contributed by atoms with Gasteiger partial charge < -0.3 is 5.11 Å². The van der Waals surface area contributed by atoms with E-state index in [-0.39, 0.29) is 5.92 Å². The molecule has 86 valence electrons. The fourth-order valence-electron chi connectivity index (χ4n) is 2.49. The van der Waals surface area contributed by atoms with E-state index in [1.165, 1.54) is 11.1 Å². The number of hydrogen-bond acceptors (Lipinski definition) is 1. The Morgan fingerprint density at radius 3 is 2.56 bits per heavy atom. The van der Waals surface area contributed by atoms with Crippen LogP contribution in [0, 0.1) is 11.3 Å². The third-order valence-electron chi connectivity index (χ3n) is 3.92. The number of aliphatic carboxylic acids is 1. The Morgan fingerprint density at radius 2 is 1.94 bits per heavy atom. The van der Waals surface area contributed by atoms with Gasteiger partial charge in [0.2, 0.25) is 0 Å². The zero-order valence-electron chi connectivity index (χ0n) is 9.86. The number of rotatable bonds is 2. The molecule has 0 aliphatic heterocycles. The lowest BCUT2D eigenvalue weighted by Crippen LogP contribution is -2.36. The Bertz CT molecular complexity index is 407. The van der Waals surface area contributed by atoms with E-state index in [9.17, 15) is 9.90 Å². The molecule has 0 saturated carbocycles. The minimum Gasteiger partial charge on any atom is -0.481 e. The van der Waals surface area contributed by atoms with Crippen LogP contribution >= 0.6 is 0 Å². The normalized spacial score (nSPS) is 20.2. The van der Waals surface area contributed by atoms with Gasteiger partial charge in [-0.05, 0) is 50.2 Å². The van der Waals surface area contributed by atoms with Crippen LogP contribution in [0.2, 0.25) is 0 Å². The molecule has 1 aliphatic rings. The third kappa shape index (κ3) is 1.84. The highest BCUT2D eigenvalue weighted by Crippen LogP contribution is 2.37.